The van der Waals surface area contributed by atoms with Gasteiger partial charge in [-0.15, -0.1) is 0 Å². The van der Waals surface area contributed by atoms with E-state index >= 15 is 0 Å². The lowest BCUT2D eigenvalue weighted by Crippen LogP contribution is -2.39. The minimum Gasteiger partial charge on any atom is -0.478 e. The van der Waals surface area contributed by atoms with E-state index in [0.29, 0.717) is 5.56 Å². The number of benzene rings is 1. The molecule has 0 amide bonds. The first-order valence-electron chi connectivity index (χ1n) is 5.00. The van der Waals surface area contributed by atoms with E-state index in [2.05, 4.69) is 10.6 Å². The summed E-state index contributed by atoms with van der Waals surface area (Å²) in [4.78, 5) is 10.2. The summed E-state index contributed by atoms with van der Waals surface area (Å²) in [6.45, 7) is 4.56. The zero-order valence-electron chi connectivity index (χ0n) is 8.57. The van der Waals surface area contributed by atoms with Crippen molar-refractivity contribution in [3.05, 3.63) is 35.9 Å². The molecule has 4 heteroatoms. The monoisotopic (exact) mass is 208 g/mol. The highest BCUT2D eigenvalue weighted by atomic mass is 16.4. The van der Waals surface area contributed by atoms with Crippen LogP contribution in [0.25, 0.3) is 0 Å². The first kappa shape index (κ1) is 11.7. The van der Waals surface area contributed by atoms with E-state index in [4.69, 9.17) is 5.11 Å². The molecule has 1 heterocycles. The average Bonchev–Trinajstić information content (AvgIpc) is 2.33. The third-order valence-electron chi connectivity index (χ3n) is 1.98. The second-order valence-corrected chi connectivity index (χ2v) is 3.17. The fourth-order valence-electron chi connectivity index (χ4n) is 1.18. The van der Waals surface area contributed by atoms with Crippen molar-refractivity contribution < 1.29 is 9.90 Å². The molecule has 1 aromatic rings. The van der Waals surface area contributed by atoms with Crippen molar-refractivity contribution in [1.29, 1.82) is 0 Å². The van der Waals surface area contributed by atoms with Crippen LogP contribution < -0.4 is 10.6 Å². The lowest BCUT2D eigenvalue weighted by Gasteiger charge is -2.11. The van der Waals surface area contributed by atoms with Crippen LogP contribution in [0, 0.1) is 0 Å². The molecule has 0 aliphatic carbocycles. The highest BCUT2D eigenvalue weighted by molar-refractivity contribution is 5.87. The van der Waals surface area contributed by atoms with Crippen LogP contribution in [-0.4, -0.2) is 37.3 Å². The lowest BCUT2D eigenvalue weighted by atomic mass is 10.2. The number of carboxylic acids is 1. The number of hydrogen-bond donors (Lipinski definition) is 3. The van der Waals surface area contributed by atoms with Gasteiger partial charge in [-0.2, -0.15) is 0 Å². The Labute approximate surface area is 89.3 Å². The predicted molar refractivity (Wildman–Crippen MR) is 59.1 cm³/mol. The van der Waals surface area contributed by atoms with Gasteiger partial charge in [0.2, 0.25) is 0 Å². The van der Waals surface area contributed by atoms with E-state index in [1.54, 1.807) is 30.3 Å². The number of hydrogen-bond acceptors (Lipinski definition) is 3. The second-order valence-electron chi connectivity index (χ2n) is 3.17. The molecular weight excluding hydrogens is 192 g/mol. The van der Waals surface area contributed by atoms with Crippen LogP contribution in [0.5, 0.6) is 0 Å². The van der Waals surface area contributed by atoms with E-state index < -0.39 is 5.97 Å². The SMILES string of the molecule is C1CNCCN1.O=C(O)c1ccccc1. The molecule has 3 N–H and O–H groups in total. The van der Waals surface area contributed by atoms with Gasteiger partial charge in [0.1, 0.15) is 0 Å². The minimum absolute atomic E-state index is 0.331. The van der Waals surface area contributed by atoms with Crippen molar-refractivity contribution in [2.75, 3.05) is 26.2 Å². The highest BCUT2D eigenvalue weighted by Gasteiger charge is 1.96. The molecule has 82 valence electrons. The quantitative estimate of drug-likeness (QED) is 0.631. The molecule has 0 saturated carbocycles. The summed E-state index contributed by atoms with van der Waals surface area (Å²) in [6.07, 6.45) is 0. The minimum atomic E-state index is -0.879. The van der Waals surface area contributed by atoms with Crippen LogP contribution in [0.1, 0.15) is 10.4 Å². The Morgan fingerprint density at radius 1 is 1.00 bits per heavy atom. The summed E-state index contributed by atoms with van der Waals surface area (Å²) in [5.41, 5.74) is 0.331. The molecule has 0 aromatic heterocycles. The fourth-order valence-corrected chi connectivity index (χ4v) is 1.18. The zero-order valence-corrected chi connectivity index (χ0v) is 8.57. The molecule has 1 aliphatic heterocycles. The van der Waals surface area contributed by atoms with Gasteiger partial charge in [0.15, 0.2) is 0 Å². The molecule has 0 atom stereocenters. The Bertz CT molecular complexity index is 272. The molecule has 15 heavy (non-hydrogen) atoms. The van der Waals surface area contributed by atoms with Crippen molar-refractivity contribution >= 4 is 5.97 Å². The summed E-state index contributed by atoms with van der Waals surface area (Å²) in [6, 6.07) is 8.30. The maximum atomic E-state index is 10.2. The first-order chi connectivity index (χ1) is 7.30. The Morgan fingerprint density at radius 2 is 1.47 bits per heavy atom. The number of nitrogens with one attached hydrogen (secondary N) is 2. The normalized spacial score (nSPS) is 14.9. The van der Waals surface area contributed by atoms with Gasteiger partial charge in [-0.05, 0) is 12.1 Å². The van der Waals surface area contributed by atoms with Crippen molar-refractivity contribution in [3.63, 3.8) is 0 Å². The summed E-state index contributed by atoms with van der Waals surface area (Å²) in [5.74, 6) is -0.879. The molecule has 1 aliphatic rings. The van der Waals surface area contributed by atoms with Crippen molar-refractivity contribution in [1.82, 2.24) is 10.6 Å². The Morgan fingerprint density at radius 3 is 1.73 bits per heavy atom. The van der Waals surface area contributed by atoms with E-state index in [0.717, 1.165) is 26.2 Å². The van der Waals surface area contributed by atoms with Crippen LogP contribution in [-0.2, 0) is 0 Å². The predicted octanol–water partition coefficient (Wildman–Crippen LogP) is 0.564. The average molecular weight is 208 g/mol. The van der Waals surface area contributed by atoms with Gasteiger partial charge < -0.3 is 15.7 Å². The van der Waals surface area contributed by atoms with Crippen LogP contribution >= 0.6 is 0 Å². The number of carbonyl (C=O) groups is 1. The van der Waals surface area contributed by atoms with E-state index in [9.17, 15) is 4.79 Å². The largest absolute Gasteiger partial charge is 0.478 e. The molecule has 0 spiro atoms. The third-order valence-corrected chi connectivity index (χ3v) is 1.98. The number of rotatable bonds is 1. The Hall–Kier alpha value is -1.39. The molecular formula is C11H16N2O2. The topological polar surface area (TPSA) is 61.4 Å². The lowest BCUT2D eigenvalue weighted by molar-refractivity contribution is 0.0697. The molecule has 4 nitrogen and oxygen atoms in total. The number of carboxylic acid groups (broad SMARTS) is 1. The fraction of sp³-hybridized carbons (Fsp3) is 0.364. The van der Waals surface area contributed by atoms with Crippen molar-refractivity contribution in [3.8, 4) is 0 Å². The van der Waals surface area contributed by atoms with Crippen LogP contribution in [0.15, 0.2) is 30.3 Å². The van der Waals surface area contributed by atoms with Crippen LogP contribution in [0.2, 0.25) is 0 Å². The Kier molecular flexibility index (Phi) is 5.43. The van der Waals surface area contributed by atoms with Gasteiger partial charge in [0.05, 0.1) is 5.56 Å². The first-order valence-corrected chi connectivity index (χ1v) is 5.00. The van der Waals surface area contributed by atoms with Gasteiger partial charge in [0, 0.05) is 26.2 Å². The Balaban J connectivity index is 0.000000162. The van der Waals surface area contributed by atoms with Crippen LogP contribution in [0.3, 0.4) is 0 Å². The van der Waals surface area contributed by atoms with Gasteiger partial charge in [-0.25, -0.2) is 4.79 Å². The smallest absolute Gasteiger partial charge is 0.335 e. The molecule has 2 rings (SSSR count). The summed E-state index contributed by atoms with van der Waals surface area (Å²) in [5, 5.41) is 14.8. The zero-order chi connectivity index (χ0) is 10.9. The standard InChI is InChI=1S/C7H6O2.C4H10N2/c8-7(9)6-4-2-1-3-5-6;1-2-6-4-3-5-1/h1-5H,(H,8,9);5-6H,1-4H2. The molecule has 1 saturated heterocycles. The maximum absolute atomic E-state index is 10.2. The molecule has 0 bridgehead atoms. The van der Waals surface area contributed by atoms with Gasteiger partial charge in [-0.1, -0.05) is 18.2 Å². The summed E-state index contributed by atoms with van der Waals surface area (Å²) >= 11 is 0. The molecule has 1 fully saturated rings. The van der Waals surface area contributed by atoms with Crippen LogP contribution in [0.4, 0.5) is 0 Å². The number of aromatic carboxylic acids is 1. The molecule has 0 radical (unpaired) electrons. The van der Waals surface area contributed by atoms with Gasteiger partial charge in [0.25, 0.3) is 0 Å². The van der Waals surface area contributed by atoms with E-state index in [-0.39, 0.29) is 0 Å². The van der Waals surface area contributed by atoms with E-state index in [1.165, 1.54) is 0 Å². The highest BCUT2D eigenvalue weighted by Crippen LogP contribution is 1.96. The van der Waals surface area contributed by atoms with Crippen molar-refractivity contribution in [2.45, 2.75) is 0 Å². The van der Waals surface area contributed by atoms with Crippen molar-refractivity contribution in [2.24, 2.45) is 0 Å². The summed E-state index contributed by atoms with van der Waals surface area (Å²) < 4.78 is 0. The van der Waals surface area contributed by atoms with E-state index in [1.807, 2.05) is 0 Å². The molecule has 1 aromatic carbocycles. The maximum Gasteiger partial charge on any atom is 0.335 e. The molecule has 0 unspecified atom stereocenters. The number of piperazine rings is 1. The third kappa shape index (κ3) is 5.15. The van der Waals surface area contributed by atoms with Gasteiger partial charge >= 0.3 is 5.97 Å². The summed E-state index contributed by atoms with van der Waals surface area (Å²) in [7, 11) is 0. The van der Waals surface area contributed by atoms with Gasteiger partial charge in [-0.3, -0.25) is 0 Å². The second kappa shape index (κ2) is 6.98.